The summed E-state index contributed by atoms with van der Waals surface area (Å²) in [6.07, 6.45) is 1.73. The summed E-state index contributed by atoms with van der Waals surface area (Å²) in [7, 11) is 2.09. The monoisotopic (exact) mass is 300 g/mol. The number of aromatic amines is 1. The quantitative estimate of drug-likeness (QED) is 0.610. The van der Waals surface area contributed by atoms with Gasteiger partial charge in [0.15, 0.2) is 0 Å². The van der Waals surface area contributed by atoms with Gasteiger partial charge in [0.05, 0.1) is 6.20 Å². The average Bonchev–Trinajstić information content (AvgIpc) is 3.15. The largest absolute Gasteiger partial charge is 0.344 e. The smallest absolute Gasteiger partial charge is 0.112 e. The van der Waals surface area contributed by atoms with Crippen molar-refractivity contribution in [2.75, 3.05) is 11.9 Å². The Hall–Kier alpha value is -3.14. The number of hydrogen-bond donors (Lipinski definition) is 1. The first-order valence-electron chi connectivity index (χ1n) is 7.50. The third-order valence-corrected chi connectivity index (χ3v) is 4.07. The van der Waals surface area contributed by atoms with E-state index < -0.39 is 0 Å². The number of aromatic nitrogens is 3. The number of H-pyrrole nitrogens is 1. The molecule has 4 nitrogen and oxygen atoms in total. The van der Waals surface area contributed by atoms with Gasteiger partial charge in [0.1, 0.15) is 5.69 Å². The molecule has 0 radical (unpaired) electrons. The lowest BCUT2D eigenvalue weighted by atomic mass is 10.1. The molecule has 0 fully saturated rings. The van der Waals surface area contributed by atoms with Gasteiger partial charge in [-0.15, -0.1) is 0 Å². The Morgan fingerprint density at radius 1 is 0.913 bits per heavy atom. The molecular formula is C19H16N4. The second kappa shape index (κ2) is 5.57. The second-order valence-corrected chi connectivity index (χ2v) is 5.46. The Morgan fingerprint density at radius 2 is 1.74 bits per heavy atom. The molecule has 4 heteroatoms. The SMILES string of the molecule is CN(c1cccc(-c2cn[nH]n2)c1)c1cccc2ccccc12. The van der Waals surface area contributed by atoms with Gasteiger partial charge in [-0.1, -0.05) is 48.5 Å². The lowest BCUT2D eigenvalue weighted by molar-refractivity contribution is 0.942. The zero-order valence-electron chi connectivity index (χ0n) is 12.8. The lowest BCUT2D eigenvalue weighted by Gasteiger charge is -2.22. The molecule has 0 aliphatic heterocycles. The van der Waals surface area contributed by atoms with Crippen molar-refractivity contribution < 1.29 is 0 Å². The molecule has 0 amide bonds. The van der Waals surface area contributed by atoms with Crippen LogP contribution >= 0.6 is 0 Å². The molecule has 0 unspecified atom stereocenters. The van der Waals surface area contributed by atoms with Gasteiger partial charge >= 0.3 is 0 Å². The average molecular weight is 300 g/mol. The molecule has 4 aromatic rings. The summed E-state index contributed by atoms with van der Waals surface area (Å²) in [4.78, 5) is 2.20. The molecule has 112 valence electrons. The van der Waals surface area contributed by atoms with Crippen molar-refractivity contribution in [2.24, 2.45) is 0 Å². The van der Waals surface area contributed by atoms with E-state index in [9.17, 15) is 0 Å². The maximum atomic E-state index is 4.15. The molecule has 1 heterocycles. The molecule has 1 N–H and O–H groups in total. The van der Waals surface area contributed by atoms with Crippen LogP contribution in [0.3, 0.4) is 0 Å². The Morgan fingerprint density at radius 3 is 2.61 bits per heavy atom. The minimum Gasteiger partial charge on any atom is -0.344 e. The summed E-state index contributed by atoms with van der Waals surface area (Å²) < 4.78 is 0. The number of hydrogen-bond acceptors (Lipinski definition) is 3. The van der Waals surface area contributed by atoms with Crippen LogP contribution in [0.4, 0.5) is 11.4 Å². The molecule has 0 saturated heterocycles. The highest BCUT2D eigenvalue weighted by Crippen LogP contribution is 2.32. The predicted octanol–water partition coefficient (Wildman–Crippen LogP) is 4.39. The van der Waals surface area contributed by atoms with Gasteiger partial charge in [0.2, 0.25) is 0 Å². The van der Waals surface area contributed by atoms with Gasteiger partial charge in [0.25, 0.3) is 0 Å². The van der Waals surface area contributed by atoms with Crippen LogP contribution in [0.5, 0.6) is 0 Å². The second-order valence-electron chi connectivity index (χ2n) is 5.46. The molecular weight excluding hydrogens is 284 g/mol. The zero-order chi connectivity index (χ0) is 15.6. The van der Waals surface area contributed by atoms with E-state index in [1.165, 1.54) is 16.5 Å². The Kier molecular flexibility index (Phi) is 3.27. The van der Waals surface area contributed by atoms with Crippen LogP contribution in [0.25, 0.3) is 22.0 Å². The summed E-state index contributed by atoms with van der Waals surface area (Å²) >= 11 is 0. The number of nitrogens with one attached hydrogen (secondary N) is 1. The summed E-state index contributed by atoms with van der Waals surface area (Å²) in [6.45, 7) is 0. The van der Waals surface area contributed by atoms with E-state index in [4.69, 9.17) is 0 Å². The summed E-state index contributed by atoms with van der Waals surface area (Å²) in [6, 6.07) is 23.1. The van der Waals surface area contributed by atoms with Crippen molar-refractivity contribution in [2.45, 2.75) is 0 Å². The highest BCUT2D eigenvalue weighted by atomic mass is 15.3. The van der Waals surface area contributed by atoms with Gasteiger partial charge in [-0.05, 0) is 23.6 Å². The summed E-state index contributed by atoms with van der Waals surface area (Å²) in [5.41, 5.74) is 4.18. The van der Waals surface area contributed by atoms with Crippen LogP contribution in [0.1, 0.15) is 0 Å². The van der Waals surface area contributed by atoms with Crippen molar-refractivity contribution in [3.05, 3.63) is 72.9 Å². The molecule has 0 spiro atoms. The maximum absolute atomic E-state index is 4.15. The van der Waals surface area contributed by atoms with Gasteiger partial charge < -0.3 is 4.90 Å². The highest BCUT2D eigenvalue weighted by Gasteiger charge is 2.09. The fourth-order valence-electron chi connectivity index (χ4n) is 2.85. The Bertz CT molecular complexity index is 939. The normalized spacial score (nSPS) is 10.8. The van der Waals surface area contributed by atoms with Crippen LogP contribution in [0, 0.1) is 0 Å². The van der Waals surface area contributed by atoms with Crippen molar-refractivity contribution in [3.63, 3.8) is 0 Å². The van der Waals surface area contributed by atoms with Crippen LogP contribution in [0.15, 0.2) is 72.9 Å². The molecule has 23 heavy (non-hydrogen) atoms. The predicted molar refractivity (Wildman–Crippen MR) is 93.8 cm³/mol. The molecule has 0 aliphatic carbocycles. The minimum atomic E-state index is 0.846. The number of benzene rings is 3. The molecule has 0 bridgehead atoms. The fraction of sp³-hybridized carbons (Fsp3) is 0.0526. The first-order chi connectivity index (χ1) is 11.3. The third-order valence-electron chi connectivity index (χ3n) is 4.07. The molecule has 0 atom stereocenters. The van der Waals surface area contributed by atoms with E-state index in [-0.39, 0.29) is 0 Å². The van der Waals surface area contributed by atoms with Crippen LogP contribution in [-0.2, 0) is 0 Å². The van der Waals surface area contributed by atoms with Gasteiger partial charge in [-0.3, -0.25) is 0 Å². The van der Waals surface area contributed by atoms with E-state index in [1.807, 2.05) is 12.1 Å². The van der Waals surface area contributed by atoms with E-state index in [1.54, 1.807) is 6.20 Å². The fourth-order valence-corrected chi connectivity index (χ4v) is 2.85. The van der Waals surface area contributed by atoms with Crippen molar-refractivity contribution in [1.29, 1.82) is 0 Å². The molecule has 0 aliphatic rings. The summed E-state index contributed by atoms with van der Waals surface area (Å²) in [5.74, 6) is 0. The molecule has 0 saturated carbocycles. The number of anilines is 2. The standard InChI is InChI=1S/C19H16N4/c1-23(19-11-5-7-14-6-2-3-10-17(14)19)16-9-4-8-15(12-16)18-13-20-22-21-18/h2-13H,1H3,(H,20,21,22). The first-order valence-corrected chi connectivity index (χ1v) is 7.50. The van der Waals surface area contributed by atoms with Crippen molar-refractivity contribution in [3.8, 4) is 11.3 Å². The number of fused-ring (bicyclic) bond motifs is 1. The zero-order valence-corrected chi connectivity index (χ0v) is 12.8. The van der Waals surface area contributed by atoms with E-state index >= 15 is 0 Å². The molecule has 3 aromatic carbocycles. The lowest BCUT2D eigenvalue weighted by Crippen LogP contribution is -2.09. The van der Waals surface area contributed by atoms with Crippen LogP contribution < -0.4 is 4.90 Å². The topological polar surface area (TPSA) is 44.8 Å². The third kappa shape index (κ3) is 2.44. The van der Waals surface area contributed by atoms with Crippen molar-refractivity contribution in [1.82, 2.24) is 15.4 Å². The molecule has 1 aromatic heterocycles. The summed E-state index contributed by atoms with van der Waals surface area (Å²) in [5, 5.41) is 13.2. The highest BCUT2D eigenvalue weighted by molar-refractivity contribution is 5.96. The van der Waals surface area contributed by atoms with Crippen LogP contribution in [0.2, 0.25) is 0 Å². The van der Waals surface area contributed by atoms with Crippen molar-refractivity contribution >= 4 is 22.1 Å². The first kappa shape index (κ1) is 13.5. The van der Waals surface area contributed by atoms with Gasteiger partial charge in [0, 0.05) is 29.4 Å². The number of rotatable bonds is 3. The Labute approximate surface area is 134 Å². The number of nitrogens with zero attached hydrogens (tertiary/aromatic N) is 3. The maximum Gasteiger partial charge on any atom is 0.112 e. The molecule has 4 rings (SSSR count). The van der Waals surface area contributed by atoms with E-state index in [0.29, 0.717) is 0 Å². The van der Waals surface area contributed by atoms with E-state index in [0.717, 1.165) is 16.9 Å². The minimum absolute atomic E-state index is 0.846. The van der Waals surface area contributed by atoms with E-state index in [2.05, 4.69) is 82.0 Å². The van der Waals surface area contributed by atoms with Gasteiger partial charge in [-0.2, -0.15) is 15.4 Å². The van der Waals surface area contributed by atoms with Crippen LogP contribution in [-0.4, -0.2) is 22.5 Å². The Balaban J connectivity index is 1.79. The van der Waals surface area contributed by atoms with Gasteiger partial charge in [-0.25, -0.2) is 0 Å².